The lowest BCUT2D eigenvalue weighted by Gasteiger charge is -2.49. The summed E-state index contributed by atoms with van der Waals surface area (Å²) in [6, 6.07) is 0. The molecule has 114 valence electrons. The van der Waals surface area contributed by atoms with Crippen LogP contribution in [0.2, 0.25) is 0 Å². The third-order valence-electron chi connectivity index (χ3n) is 5.53. The highest BCUT2D eigenvalue weighted by Gasteiger charge is 2.47. The van der Waals surface area contributed by atoms with Crippen LogP contribution < -0.4 is 0 Å². The lowest BCUT2D eigenvalue weighted by Crippen LogP contribution is -2.58. The number of nitrogens with zero attached hydrogens (tertiary/aromatic N) is 1. The maximum Gasteiger partial charge on any atom is 0.155 e. The molecule has 2 heterocycles. The number of Topliss-reactive ketones (excluding diaryl/α,β-unsaturated/α-hetero) is 1. The van der Waals surface area contributed by atoms with E-state index in [1.165, 1.54) is 6.42 Å². The Morgan fingerprint density at radius 2 is 1.90 bits per heavy atom. The summed E-state index contributed by atoms with van der Waals surface area (Å²) in [6.07, 6.45) is 5.39. The van der Waals surface area contributed by atoms with Crippen LogP contribution in [0, 0.1) is 5.92 Å². The molecule has 0 aromatic carbocycles. The fraction of sp³-hybridized carbons (Fsp3) is 0.938. The Balaban J connectivity index is 1.67. The van der Waals surface area contributed by atoms with Crippen LogP contribution in [-0.2, 0) is 14.3 Å². The normalized spacial score (nSPS) is 31.0. The van der Waals surface area contributed by atoms with E-state index >= 15 is 0 Å². The molecule has 0 N–H and O–H groups in total. The zero-order valence-electron chi connectivity index (χ0n) is 12.8. The summed E-state index contributed by atoms with van der Waals surface area (Å²) in [5.74, 6) is 0.593. The standard InChI is InChI=1S/C16H27NO3/c1-15(2,17-7-10-19-11-8-17)14(18)13-4-9-20-16(12-13)5-3-6-16/h13H,3-12H2,1-2H3. The van der Waals surface area contributed by atoms with E-state index in [9.17, 15) is 4.79 Å². The van der Waals surface area contributed by atoms with Gasteiger partial charge in [0.25, 0.3) is 0 Å². The maximum absolute atomic E-state index is 13.0. The first-order chi connectivity index (χ1) is 9.54. The molecule has 0 bridgehead atoms. The quantitative estimate of drug-likeness (QED) is 0.793. The molecule has 0 aromatic heterocycles. The highest BCUT2D eigenvalue weighted by atomic mass is 16.5. The van der Waals surface area contributed by atoms with Crippen LogP contribution in [0.15, 0.2) is 0 Å². The van der Waals surface area contributed by atoms with E-state index in [0.717, 1.165) is 58.6 Å². The average Bonchev–Trinajstić information content (AvgIpc) is 2.46. The second kappa shape index (κ2) is 5.39. The van der Waals surface area contributed by atoms with Gasteiger partial charge in [0.05, 0.1) is 24.4 Å². The van der Waals surface area contributed by atoms with Crippen LogP contribution in [0.5, 0.6) is 0 Å². The van der Waals surface area contributed by atoms with Gasteiger partial charge in [-0.3, -0.25) is 9.69 Å². The van der Waals surface area contributed by atoms with E-state index in [4.69, 9.17) is 9.47 Å². The summed E-state index contributed by atoms with van der Waals surface area (Å²) in [6.45, 7) is 8.16. The number of carbonyl (C=O) groups is 1. The largest absolute Gasteiger partial charge is 0.379 e. The first-order valence-electron chi connectivity index (χ1n) is 8.05. The highest BCUT2D eigenvalue weighted by molar-refractivity contribution is 5.89. The van der Waals surface area contributed by atoms with E-state index in [1.54, 1.807) is 0 Å². The summed E-state index contributed by atoms with van der Waals surface area (Å²) in [7, 11) is 0. The van der Waals surface area contributed by atoms with Gasteiger partial charge in [0.2, 0.25) is 0 Å². The Bertz CT molecular complexity index is 370. The molecule has 3 rings (SSSR count). The van der Waals surface area contributed by atoms with Gasteiger partial charge in [-0.25, -0.2) is 0 Å². The van der Waals surface area contributed by atoms with Crippen LogP contribution in [0.3, 0.4) is 0 Å². The smallest absolute Gasteiger partial charge is 0.155 e. The second-order valence-electron chi connectivity index (χ2n) is 7.10. The van der Waals surface area contributed by atoms with Gasteiger partial charge in [-0.1, -0.05) is 0 Å². The lowest BCUT2D eigenvalue weighted by molar-refractivity contribution is -0.163. The van der Waals surface area contributed by atoms with Gasteiger partial charge in [-0.15, -0.1) is 0 Å². The molecule has 2 aliphatic heterocycles. The molecule has 0 aromatic rings. The van der Waals surface area contributed by atoms with Gasteiger partial charge in [-0.2, -0.15) is 0 Å². The molecule has 2 saturated heterocycles. The molecule has 0 amide bonds. The van der Waals surface area contributed by atoms with E-state index in [0.29, 0.717) is 5.78 Å². The molecule has 3 aliphatic rings. The third-order valence-corrected chi connectivity index (χ3v) is 5.53. The number of hydrogen-bond donors (Lipinski definition) is 0. The van der Waals surface area contributed by atoms with Crippen molar-refractivity contribution < 1.29 is 14.3 Å². The Morgan fingerprint density at radius 3 is 2.50 bits per heavy atom. The molecule has 1 saturated carbocycles. The number of hydrogen-bond acceptors (Lipinski definition) is 4. The van der Waals surface area contributed by atoms with Gasteiger partial charge in [0, 0.05) is 25.6 Å². The van der Waals surface area contributed by atoms with Crippen LogP contribution in [0.4, 0.5) is 0 Å². The van der Waals surface area contributed by atoms with Crippen LogP contribution in [0.25, 0.3) is 0 Å². The van der Waals surface area contributed by atoms with Crippen molar-refractivity contribution in [3.8, 4) is 0 Å². The summed E-state index contributed by atoms with van der Waals surface area (Å²) < 4.78 is 11.4. The highest BCUT2D eigenvalue weighted by Crippen LogP contribution is 2.45. The predicted molar refractivity (Wildman–Crippen MR) is 76.7 cm³/mol. The number of ketones is 1. The summed E-state index contributed by atoms with van der Waals surface area (Å²) in [5, 5.41) is 0. The minimum atomic E-state index is -0.364. The SMILES string of the molecule is CC(C)(C(=O)C1CCOC2(CCC2)C1)N1CCOCC1. The van der Waals surface area contributed by atoms with Gasteiger partial charge in [0.1, 0.15) is 0 Å². The van der Waals surface area contributed by atoms with Gasteiger partial charge < -0.3 is 9.47 Å². The minimum Gasteiger partial charge on any atom is -0.379 e. The first-order valence-corrected chi connectivity index (χ1v) is 8.05. The van der Waals surface area contributed by atoms with Crippen molar-refractivity contribution in [1.29, 1.82) is 0 Å². The van der Waals surface area contributed by atoms with Crippen molar-refractivity contribution in [3.63, 3.8) is 0 Å². The molecule has 1 spiro atoms. The number of rotatable bonds is 3. The van der Waals surface area contributed by atoms with Gasteiger partial charge in [-0.05, 0) is 46.0 Å². The first kappa shape index (κ1) is 14.5. The fourth-order valence-electron chi connectivity index (χ4n) is 3.95. The van der Waals surface area contributed by atoms with Crippen molar-refractivity contribution in [3.05, 3.63) is 0 Å². The molecule has 1 unspecified atom stereocenters. The number of ether oxygens (including phenoxy) is 2. The summed E-state index contributed by atoms with van der Waals surface area (Å²) in [5.41, 5.74) is -0.309. The molecule has 0 radical (unpaired) electrons. The zero-order valence-corrected chi connectivity index (χ0v) is 12.8. The average molecular weight is 281 g/mol. The van der Waals surface area contributed by atoms with E-state index in [1.807, 2.05) is 0 Å². The Labute approximate surface area is 121 Å². The van der Waals surface area contributed by atoms with E-state index < -0.39 is 0 Å². The van der Waals surface area contributed by atoms with Crippen molar-refractivity contribution in [2.75, 3.05) is 32.9 Å². The van der Waals surface area contributed by atoms with E-state index in [2.05, 4.69) is 18.7 Å². The molecule has 4 heteroatoms. The molecular weight excluding hydrogens is 254 g/mol. The topological polar surface area (TPSA) is 38.8 Å². The van der Waals surface area contributed by atoms with Crippen LogP contribution >= 0.6 is 0 Å². The second-order valence-corrected chi connectivity index (χ2v) is 7.10. The monoisotopic (exact) mass is 281 g/mol. The minimum absolute atomic E-state index is 0.0552. The maximum atomic E-state index is 13.0. The Hall–Kier alpha value is -0.450. The van der Waals surface area contributed by atoms with Gasteiger partial charge >= 0.3 is 0 Å². The Morgan fingerprint density at radius 1 is 1.20 bits per heavy atom. The number of carbonyl (C=O) groups excluding carboxylic acids is 1. The third kappa shape index (κ3) is 2.53. The van der Waals surface area contributed by atoms with Crippen molar-refractivity contribution in [2.45, 2.75) is 57.1 Å². The van der Waals surface area contributed by atoms with Crippen molar-refractivity contribution in [1.82, 2.24) is 4.90 Å². The van der Waals surface area contributed by atoms with Gasteiger partial charge in [0.15, 0.2) is 5.78 Å². The molecule has 20 heavy (non-hydrogen) atoms. The summed E-state index contributed by atoms with van der Waals surface area (Å²) >= 11 is 0. The Kier molecular flexibility index (Phi) is 3.91. The van der Waals surface area contributed by atoms with Crippen molar-refractivity contribution in [2.24, 2.45) is 5.92 Å². The van der Waals surface area contributed by atoms with Crippen LogP contribution in [-0.4, -0.2) is 54.7 Å². The lowest BCUT2D eigenvalue weighted by atomic mass is 9.69. The molecule has 1 atom stereocenters. The number of morpholine rings is 1. The fourth-order valence-corrected chi connectivity index (χ4v) is 3.95. The zero-order chi connectivity index (χ0) is 14.2. The molecule has 4 nitrogen and oxygen atoms in total. The summed E-state index contributed by atoms with van der Waals surface area (Å²) in [4.78, 5) is 15.3. The molecular formula is C16H27NO3. The van der Waals surface area contributed by atoms with Crippen LogP contribution in [0.1, 0.15) is 46.0 Å². The molecule has 3 fully saturated rings. The predicted octanol–water partition coefficient (Wildman–Crippen LogP) is 2.02. The molecule has 1 aliphatic carbocycles. The van der Waals surface area contributed by atoms with Crippen molar-refractivity contribution >= 4 is 5.78 Å². The van der Waals surface area contributed by atoms with E-state index in [-0.39, 0.29) is 17.1 Å².